The Kier molecular flexibility index (Phi) is 2.96. The highest BCUT2D eigenvalue weighted by molar-refractivity contribution is 5.65. The van der Waals surface area contributed by atoms with Gasteiger partial charge in [0.25, 0.3) is 0 Å². The molecule has 0 bridgehead atoms. The normalized spacial score (nSPS) is 10.9. The number of aromatic nitrogens is 1. The zero-order valence-electron chi connectivity index (χ0n) is 9.28. The molecule has 0 aliphatic heterocycles. The summed E-state index contributed by atoms with van der Waals surface area (Å²) in [4.78, 5) is 3.71. The number of nitrogens with zero attached hydrogens (tertiary/aromatic N) is 3. The lowest BCUT2D eigenvalue weighted by atomic mass is 10.3. The number of hydrogen-bond acceptors (Lipinski definition) is 7. The number of azo groups is 1. The van der Waals surface area contributed by atoms with Crippen molar-refractivity contribution in [2.45, 2.75) is 0 Å². The van der Waals surface area contributed by atoms with Crippen LogP contribution < -0.4 is 11.5 Å². The van der Waals surface area contributed by atoms with Gasteiger partial charge in [-0.3, -0.25) is 0 Å². The van der Waals surface area contributed by atoms with E-state index in [1.807, 2.05) is 0 Å². The Morgan fingerprint density at radius 1 is 0.944 bits per heavy atom. The number of anilines is 2. The minimum atomic E-state index is -0.205. The van der Waals surface area contributed by atoms with Crippen molar-refractivity contribution >= 4 is 23.0 Å². The molecule has 0 aliphatic rings. The summed E-state index contributed by atoms with van der Waals surface area (Å²) >= 11 is 0. The van der Waals surface area contributed by atoms with Crippen LogP contribution in [0.2, 0.25) is 0 Å². The number of pyridine rings is 1. The van der Waals surface area contributed by atoms with Gasteiger partial charge in [0.2, 0.25) is 0 Å². The zero-order valence-corrected chi connectivity index (χ0v) is 9.28. The van der Waals surface area contributed by atoms with Gasteiger partial charge in [-0.25, -0.2) is 4.98 Å². The average Bonchev–Trinajstić information content (AvgIpc) is 2.34. The summed E-state index contributed by atoms with van der Waals surface area (Å²) in [5.41, 5.74) is 11.7. The molecular formula is C11H11N5O2. The summed E-state index contributed by atoms with van der Waals surface area (Å²) in [5.74, 6) is -0.0481. The summed E-state index contributed by atoms with van der Waals surface area (Å²) in [7, 11) is 0. The van der Waals surface area contributed by atoms with Crippen LogP contribution in [0.4, 0.5) is 23.0 Å². The van der Waals surface area contributed by atoms with Gasteiger partial charge < -0.3 is 21.7 Å². The van der Waals surface area contributed by atoms with Gasteiger partial charge in [-0.2, -0.15) is 5.11 Å². The van der Waals surface area contributed by atoms with Crippen molar-refractivity contribution in [1.29, 1.82) is 0 Å². The first-order chi connectivity index (χ1) is 8.56. The van der Waals surface area contributed by atoms with E-state index >= 15 is 0 Å². The van der Waals surface area contributed by atoms with Gasteiger partial charge in [0, 0.05) is 6.07 Å². The predicted octanol–water partition coefficient (Wildman–Crippen LogP) is 2.07. The summed E-state index contributed by atoms with van der Waals surface area (Å²) in [5, 5.41) is 26.2. The first-order valence-electron chi connectivity index (χ1n) is 5.02. The predicted molar refractivity (Wildman–Crippen MR) is 67.0 cm³/mol. The molecule has 6 N–H and O–H groups in total. The first kappa shape index (κ1) is 11.6. The fraction of sp³-hybridized carbons (Fsp3) is 0. The fourth-order valence-corrected chi connectivity index (χ4v) is 1.23. The quantitative estimate of drug-likeness (QED) is 0.601. The lowest BCUT2D eigenvalue weighted by molar-refractivity contribution is 0.475. The van der Waals surface area contributed by atoms with E-state index in [0.717, 1.165) is 0 Å². The number of phenols is 1. The maximum atomic E-state index is 9.38. The van der Waals surface area contributed by atoms with Crippen molar-refractivity contribution in [2.24, 2.45) is 10.2 Å². The standard InChI is InChI=1S/C11H11N5O2/c12-10-8(5-9(18)11(13)14-10)16-15-6-1-3-7(17)4-2-6/h1-5,17-18H,(H4,12,13,14). The van der Waals surface area contributed by atoms with Gasteiger partial charge in [0.05, 0.1) is 5.69 Å². The highest BCUT2D eigenvalue weighted by Crippen LogP contribution is 2.30. The van der Waals surface area contributed by atoms with E-state index in [4.69, 9.17) is 16.6 Å². The second-order valence-electron chi connectivity index (χ2n) is 3.51. The molecule has 1 aromatic heterocycles. The van der Waals surface area contributed by atoms with E-state index < -0.39 is 0 Å². The average molecular weight is 245 g/mol. The Labute approximate surface area is 102 Å². The number of nitrogens with two attached hydrogens (primary N) is 2. The number of hydrogen-bond donors (Lipinski definition) is 4. The molecule has 1 aromatic carbocycles. The van der Waals surface area contributed by atoms with Crippen molar-refractivity contribution in [3.63, 3.8) is 0 Å². The van der Waals surface area contributed by atoms with Crippen LogP contribution in [0, 0.1) is 0 Å². The molecule has 0 radical (unpaired) electrons. The Morgan fingerprint density at radius 2 is 1.61 bits per heavy atom. The Balaban J connectivity index is 2.28. The third-order valence-corrected chi connectivity index (χ3v) is 2.16. The molecule has 0 aliphatic carbocycles. The highest BCUT2D eigenvalue weighted by Gasteiger charge is 2.05. The zero-order chi connectivity index (χ0) is 13.1. The molecule has 18 heavy (non-hydrogen) atoms. The van der Waals surface area contributed by atoms with E-state index in [-0.39, 0.29) is 28.8 Å². The Hall–Kier alpha value is -2.83. The fourth-order valence-electron chi connectivity index (χ4n) is 1.23. The summed E-state index contributed by atoms with van der Waals surface area (Å²) in [6, 6.07) is 7.41. The van der Waals surface area contributed by atoms with E-state index in [0.29, 0.717) is 5.69 Å². The van der Waals surface area contributed by atoms with Crippen LogP contribution in [0.25, 0.3) is 0 Å². The van der Waals surface area contributed by atoms with E-state index in [2.05, 4.69) is 15.2 Å². The summed E-state index contributed by atoms with van der Waals surface area (Å²) in [6.45, 7) is 0. The third-order valence-electron chi connectivity index (χ3n) is 2.16. The van der Waals surface area contributed by atoms with Crippen molar-refractivity contribution in [3.05, 3.63) is 30.3 Å². The van der Waals surface area contributed by atoms with Gasteiger partial charge in [0.1, 0.15) is 11.4 Å². The van der Waals surface area contributed by atoms with Crippen molar-refractivity contribution in [2.75, 3.05) is 11.5 Å². The molecule has 0 fully saturated rings. The molecule has 7 heteroatoms. The summed E-state index contributed by atoms with van der Waals surface area (Å²) < 4.78 is 0. The molecule has 0 saturated carbocycles. The maximum absolute atomic E-state index is 9.38. The van der Waals surface area contributed by atoms with E-state index in [1.54, 1.807) is 12.1 Å². The van der Waals surface area contributed by atoms with Crippen LogP contribution in [0.1, 0.15) is 0 Å². The molecule has 2 rings (SSSR count). The van der Waals surface area contributed by atoms with E-state index in [1.165, 1.54) is 18.2 Å². The van der Waals surface area contributed by atoms with Crippen LogP contribution in [-0.4, -0.2) is 15.2 Å². The molecule has 0 amide bonds. The second-order valence-corrected chi connectivity index (χ2v) is 3.51. The minimum Gasteiger partial charge on any atom is -0.508 e. The van der Waals surface area contributed by atoms with Crippen LogP contribution in [-0.2, 0) is 0 Å². The number of rotatable bonds is 2. The van der Waals surface area contributed by atoms with Crippen molar-refractivity contribution in [1.82, 2.24) is 4.98 Å². The van der Waals surface area contributed by atoms with Gasteiger partial charge >= 0.3 is 0 Å². The van der Waals surface area contributed by atoms with Crippen molar-refractivity contribution in [3.8, 4) is 11.5 Å². The van der Waals surface area contributed by atoms with Crippen molar-refractivity contribution < 1.29 is 10.2 Å². The number of benzene rings is 1. The SMILES string of the molecule is Nc1nc(N)c(N=Nc2ccc(O)cc2)cc1O. The molecular weight excluding hydrogens is 234 g/mol. The lowest BCUT2D eigenvalue weighted by Crippen LogP contribution is -1.96. The van der Waals surface area contributed by atoms with E-state index in [9.17, 15) is 5.11 Å². The molecule has 0 spiro atoms. The Morgan fingerprint density at radius 3 is 2.28 bits per heavy atom. The molecule has 2 aromatic rings. The van der Waals surface area contributed by atoms with Crippen LogP contribution in [0.5, 0.6) is 11.5 Å². The van der Waals surface area contributed by atoms with Crippen LogP contribution in [0.3, 0.4) is 0 Å². The molecule has 92 valence electrons. The second kappa shape index (κ2) is 4.58. The topological polar surface area (TPSA) is 130 Å². The smallest absolute Gasteiger partial charge is 0.168 e. The number of aromatic hydroxyl groups is 2. The summed E-state index contributed by atoms with van der Waals surface area (Å²) in [6.07, 6.45) is 0. The van der Waals surface area contributed by atoms with Gasteiger partial charge in [-0.05, 0) is 24.3 Å². The van der Waals surface area contributed by atoms with Gasteiger partial charge in [-0.15, -0.1) is 5.11 Å². The first-order valence-corrected chi connectivity index (χ1v) is 5.02. The molecule has 0 saturated heterocycles. The minimum absolute atomic E-state index is 0.0592. The van der Waals surface area contributed by atoms with Crippen LogP contribution in [0.15, 0.2) is 40.6 Å². The van der Waals surface area contributed by atoms with Gasteiger partial charge in [0.15, 0.2) is 17.4 Å². The van der Waals surface area contributed by atoms with Gasteiger partial charge in [-0.1, -0.05) is 0 Å². The molecule has 1 heterocycles. The number of phenolic OH excluding ortho intramolecular Hbond substituents is 1. The molecule has 0 unspecified atom stereocenters. The highest BCUT2D eigenvalue weighted by atomic mass is 16.3. The number of nitrogen functional groups attached to an aromatic ring is 2. The molecule has 0 atom stereocenters. The monoisotopic (exact) mass is 245 g/mol. The third kappa shape index (κ3) is 2.46. The van der Waals surface area contributed by atoms with Crippen LogP contribution >= 0.6 is 0 Å². The largest absolute Gasteiger partial charge is 0.508 e. The molecule has 7 nitrogen and oxygen atoms in total. The maximum Gasteiger partial charge on any atom is 0.168 e. The Bertz CT molecular complexity index is 595. The lowest BCUT2D eigenvalue weighted by Gasteiger charge is -2.02.